The van der Waals surface area contributed by atoms with Crippen LogP contribution < -0.4 is 11.1 Å². The van der Waals surface area contributed by atoms with E-state index in [2.05, 4.69) is 30.4 Å². The van der Waals surface area contributed by atoms with Gasteiger partial charge in [0.25, 0.3) is 0 Å². The Bertz CT molecular complexity index is 405. The van der Waals surface area contributed by atoms with Gasteiger partial charge in [-0.15, -0.1) is 0 Å². The number of hydrogen-bond donors (Lipinski definition) is 2. The second-order valence-electron chi connectivity index (χ2n) is 4.84. The normalized spacial score (nSPS) is 32.5. The molecule has 3 heteroatoms. The largest absolute Gasteiger partial charge is 0.381 e. The van der Waals surface area contributed by atoms with Gasteiger partial charge in [0, 0.05) is 30.3 Å². The van der Waals surface area contributed by atoms with Crippen molar-refractivity contribution in [2.24, 2.45) is 11.7 Å². The second kappa shape index (κ2) is 3.75. The van der Waals surface area contributed by atoms with Gasteiger partial charge >= 0.3 is 0 Å². The van der Waals surface area contributed by atoms with Crippen molar-refractivity contribution in [1.29, 1.82) is 0 Å². The Balaban J connectivity index is 2.03. The monoisotopic (exact) mass is 218 g/mol. The summed E-state index contributed by atoms with van der Waals surface area (Å²) in [4.78, 5) is 0. The van der Waals surface area contributed by atoms with E-state index >= 15 is 0 Å². The van der Waals surface area contributed by atoms with E-state index in [1.54, 1.807) is 0 Å². The highest BCUT2D eigenvalue weighted by Crippen LogP contribution is 2.39. The van der Waals surface area contributed by atoms with Crippen molar-refractivity contribution >= 4 is 5.69 Å². The zero-order valence-electron chi connectivity index (χ0n) is 9.57. The predicted molar refractivity (Wildman–Crippen MR) is 64.4 cm³/mol. The van der Waals surface area contributed by atoms with Gasteiger partial charge in [-0.1, -0.05) is 18.2 Å². The summed E-state index contributed by atoms with van der Waals surface area (Å²) in [5.74, 6) is 0.419. The number of aryl methyl sites for hydroxylation is 1. The summed E-state index contributed by atoms with van der Waals surface area (Å²) in [7, 11) is 0. The topological polar surface area (TPSA) is 47.3 Å². The minimum Gasteiger partial charge on any atom is -0.381 e. The Hall–Kier alpha value is -1.06. The molecule has 0 bridgehead atoms. The van der Waals surface area contributed by atoms with Gasteiger partial charge in [0.05, 0.1) is 6.61 Å². The van der Waals surface area contributed by atoms with Gasteiger partial charge in [0.2, 0.25) is 0 Å². The van der Waals surface area contributed by atoms with E-state index in [-0.39, 0.29) is 6.04 Å². The molecule has 3 N–H and O–H groups in total. The number of benzene rings is 1. The van der Waals surface area contributed by atoms with Crippen molar-refractivity contribution in [3.8, 4) is 0 Å². The van der Waals surface area contributed by atoms with Gasteiger partial charge in [-0.2, -0.15) is 0 Å². The Labute approximate surface area is 96.0 Å². The first-order chi connectivity index (χ1) is 7.77. The first kappa shape index (κ1) is 10.1. The van der Waals surface area contributed by atoms with E-state index in [9.17, 15) is 0 Å². The maximum absolute atomic E-state index is 6.35. The second-order valence-corrected chi connectivity index (χ2v) is 4.84. The minimum atomic E-state index is 0.112. The molecular weight excluding hydrogens is 200 g/mol. The molecule has 1 saturated heterocycles. The molecule has 0 aliphatic carbocycles. The van der Waals surface area contributed by atoms with Gasteiger partial charge < -0.3 is 15.8 Å². The standard InChI is InChI=1S/C13H18N2O/c1-8-3-2-4-9-12(14)10-7-16-6-5-11(10)15-13(8)9/h2-4,10-12,15H,5-7,14H2,1H3. The van der Waals surface area contributed by atoms with Crippen molar-refractivity contribution in [2.75, 3.05) is 18.5 Å². The molecule has 1 aromatic rings. The molecule has 2 aliphatic rings. The summed E-state index contributed by atoms with van der Waals surface area (Å²) in [5, 5.41) is 3.64. The minimum absolute atomic E-state index is 0.112. The van der Waals surface area contributed by atoms with Crippen LogP contribution in [-0.2, 0) is 4.74 Å². The van der Waals surface area contributed by atoms with Gasteiger partial charge in [0.1, 0.15) is 0 Å². The maximum atomic E-state index is 6.35. The fourth-order valence-electron chi connectivity index (χ4n) is 2.87. The lowest BCUT2D eigenvalue weighted by molar-refractivity contribution is 0.0342. The van der Waals surface area contributed by atoms with Crippen molar-refractivity contribution < 1.29 is 4.74 Å². The summed E-state index contributed by atoms with van der Waals surface area (Å²) >= 11 is 0. The Morgan fingerprint density at radius 2 is 2.31 bits per heavy atom. The third kappa shape index (κ3) is 1.43. The van der Waals surface area contributed by atoms with Crippen LogP contribution in [0.4, 0.5) is 5.69 Å². The number of para-hydroxylation sites is 1. The summed E-state index contributed by atoms with van der Waals surface area (Å²) in [5.41, 5.74) is 10.1. The van der Waals surface area contributed by atoms with E-state index in [1.807, 2.05) is 0 Å². The van der Waals surface area contributed by atoms with Crippen LogP contribution in [0, 0.1) is 12.8 Å². The van der Waals surface area contributed by atoms with Crippen molar-refractivity contribution in [1.82, 2.24) is 0 Å². The Kier molecular flexibility index (Phi) is 2.37. The summed E-state index contributed by atoms with van der Waals surface area (Å²) in [6, 6.07) is 6.95. The fourth-order valence-corrected chi connectivity index (χ4v) is 2.87. The van der Waals surface area contributed by atoms with Gasteiger partial charge in [-0.25, -0.2) is 0 Å². The number of hydrogen-bond acceptors (Lipinski definition) is 3. The molecule has 0 spiro atoms. The van der Waals surface area contributed by atoms with E-state index in [0.717, 1.165) is 19.6 Å². The van der Waals surface area contributed by atoms with Crippen molar-refractivity contribution in [2.45, 2.75) is 25.4 Å². The van der Waals surface area contributed by atoms with Crippen molar-refractivity contribution in [3.05, 3.63) is 29.3 Å². The first-order valence-corrected chi connectivity index (χ1v) is 5.97. The van der Waals surface area contributed by atoms with E-state index in [1.165, 1.54) is 16.8 Å². The predicted octanol–water partition coefficient (Wildman–Crippen LogP) is 1.83. The highest BCUT2D eigenvalue weighted by molar-refractivity contribution is 5.61. The zero-order valence-corrected chi connectivity index (χ0v) is 9.57. The van der Waals surface area contributed by atoms with Crippen molar-refractivity contribution in [3.63, 3.8) is 0 Å². The smallest absolute Gasteiger partial charge is 0.0532 e. The van der Waals surface area contributed by atoms with Crippen LogP contribution >= 0.6 is 0 Å². The average Bonchev–Trinajstić information content (AvgIpc) is 2.31. The molecule has 0 amide bonds. The lowest BCUT2D eigenvalue weighted by Gasteiger charge is -2.42. The summed E-state index contributed by atoms with van der Waals surface area (Å²) in [6.07, 6.45) is 1.06. The number of ether oxygens (including phenoxy) is 1. The quantitative estimate of drug-likeness (QED) is 0.698. The van der Waals surface area contributed by atoms with Gasteiger partial charge in [0.15, 0.2) is 0 Å². The SMILES string of the molecule is Cc1cccc2c1NC1CCOCC1C2N. The average molecular weight is 218 g/mol. The number of anilines is 1. The van der Waals surface area contributed by atoms with Gasteiger partial charge in [-0.05, 0) is 24.5 Å². The highest BCUT2D eigenvalue weighted by atomic mass is 16.5. The Morgan fingerprint density at radius 3 is 3.19 bits per heavy atom. The van der Waals surface area contributed by atoms with Crippen LogP contribution in [0.25, 0.3) is 0 Å². The van der Waals surface area contributed by atoms with Crippen LogP contribution in [0.15, 0.2) is 18.2 Å². The number of fused-ring (bicyclic) bond motifs is 2. The van der Waals surface area contributed by atoms with Crippen LogP contribution in [0.5, 0.6) is 0 Å². The molecule has 0 radical (unpaired) electrons. The molecule has 3 unspecified atom stereocenters. The molecule has 3 nitrogen and oxygen atoms in total. The molecule has 3 atom stereocenters. The number of nitrogens with two attached hydrogens (primary N) is 1. The van der Waals surface area contributed by atoms with E-state index in [4.69, 9.17) is 10.5 Å². The fraction of sp³-hybridized carbons (Fsp3) is 0.538. The molecule has 2 heterocycles. The van der Waals surface area contributed by atoms with Crippen LogP contribution in [-0.4, -0.2) is 19.3 Å². The lowest BCUT2D eigenvalue weighted by atomic mass is 9.80. The number of rotatable bonds is 0. The van der Waals surface area contributed by atoms with Crippen LogP contribution in [0.1, 0.15) is 23.6 Å². The van der Waals surface area contributed by atoms with Crippen LogP contribution in [0.2, 0.25) is 0 Å². The summed E-state index contributed by atoms with van der Waals surface area (Å²) in [6.45, 7) is 3.77. The third-order valence-electron chi connectivity index (χ3n) is 3.86. The molecule has 86 valence electrons. The molecule has 2 aliphatic heterocycles. The molecule has 1 fully saturated rings. The molecular formula is C13H18N2O. The first-order valence-electron chi connectivity index (χ1n) is 5.97. The zero-order chi connectivity index (χ0) is 11.1. The number of nitrogens with one attached hydrogen (secondary N) is 1. The Morgan fingerprint density at radius 1 is 1.44 bits per heavy atom. The maximum Gasteiger partial charge on any atom is 0.0532 e. The van der Waals surface area contributed by atoms with E-state index in [0.29, 0.717) is 12.0 Å². The highest BCUT2D eigenvalue weighted by Gasteiger charge is 2.36. The molecule has 0 saturated carbocycles. The molecule has 0 aromatic heterocycles. The molecule has 16 heavy (non-hydrogen) atoms. The lowest BCUT2D eigenvalue weighted by Crippen LogP contribution is -2.47. The summed E-state index contributed by atoms with van der Waals surface area (Å²) < 4.78 is 5.53. The van der Waals surface area contributed by atoms with E-state index < -0.39 is 0 Å². The van der Waals surface area contributed by atoms with Gasteiger partial charge in [-0.3, -0.25) is 0 Å². The van der Waals surface area contributed by atoms with Crippen LogP contribution in [0.3, 0.4) is 0 Å². The third-order valence-corrected chi connectivity index (χ3v) is 3.86. The molecule has 1 aromatic carbocycles. The molecule has 3 rings (SSSR count).